The van der Waals surface area contributed by atoms with E-state index < -0.39 is 12.0 Å². The van der Waals surface area contributed by atoms with Crippen LogP contribution in [0.25, 0.3) is 0 Å². The number of piperazine rings is 1. The molecule has 0 saturated carbocycles. The molecule has 8 nitrogen and oxygen atoms in total. The number of carbonyl (C=O) groups is 2. The lowest BCUT2D eigenvalue weighted by Crippen LogP contribution is -2.48. The van der Waals surface area contributed by atoms with Crippen LogP contribution in [-0.4, -0.2) is 72.1 Å². The van der Waals surface area contributed by atoms with Crippen molar-refractivity contribution in [2.75, 3.05) is 40.4 Å². The second-order valence-electron chi connectivity index (χ2n) is 9.48. The first kappa shape index (κ1) is 26.1. The number of thioether (sulfide) groups is 1. The van der Waals surface area contributed by atoms with Crippen LogP contribution in [0.15, 0.2) is 82.0 Å². The number of methoxy groups -OCH3 is 2. The Kier molecular flexibility index (Phi) is 7.85. The molecule has 3 aliphatic rings. The third-order valence-corrected chi connectivity index (χ3v) is 8.01. The lowest BCUT2D eigenvalue weighted by molar-refractivity contribution is -0.136. The Morgan fingerprint density at radius 2 is 1.79 bits per heavy atom. The van der Waals surface area contributed by atoms with Crippen molar-refractivity contribution in [1.29, 1.82) is 0 Å². The van der Waals surface area contributed by atoms with Gasteiger partial charge in [-0.1, -0.05) is 54.2 Å². The molecule has 1 amide bonds. The van der Waals surface area contributed by atoms with E-state index in [4.69, 9.17) is 14.5 Å². The average Bonchev–Trinajstić information content (AvgIpc) is 3.34. The Labute approximate surface area is 227 Å². The Hall–Kier alpha value is -3.56. The smallest absolute Gasteiger partial charge is 0.338 e. The van der Waals surface area contributed by atoms with E-state index in [2.05, 4.69) is 29.2 Å². The maximum atomic E-state index is 13.4. The number of fused-ring (bicyclic) bond motifs is 1. The Bertz CT molecular complexity index is 1300. The summed E-state index contributed by atoms with van der Waals surface area (Å²) in [4.78, 5) is 37.4. The van der Waals surface area contributed by atoms with Crippen LogP contribution in [0.3, 0.4) is 0 Å². The molecule has 0 unspecified atom stereocenters. The number of amidine groups is 1. The molecule has 0 aliphatic carbocycles. The minimum atomic E-state index is -0.471. The summed E-state index contributed by atoms with van der Waals surface area (Å²) in [6.07, 6.45) is 0.235. The van der Waals surface area contributed by atoms with E-state index >= 15 is 0 Å². The second-order valence-corrected chi connectivity index (χ2v) is 10.3. The van der Waals surface area contributed by atoms with Crippen LogP contribution in [0.2, 0.25) is 0 Å². The van der Waals surface area contributed by atoms with Crippen LogP contribution in [0.5, 0.6) is 5.75 Å². The van der Waals surface area contributed by atoms with Gasteiger partial charge in [-0.3, -0.25) is 9.69 Å². The zero-order valence-electron chi connectivity index (χ0n) is 21.9. The predicted molar refractivity (Wildman–Crippen MR) is 148 cm³/mol. The number of allylic oxidation sites excluding steroid dienone is 1. The summed E-state index contributed by atoms with van der Waals surface area (Å²) in [6.45, 7) is 5.78. The summed E-state index contributed by atoms with van der Waals surface area (Å²) < 4.78 is 10.6. The van der Waals surface area contributed by atoms with Crippen molar-refractivity contribution in [3.63, 3.8) is 0 Å². The van der Waals surface area contributed by atoms with Gasteiger partial charge in [-0.2, -0.15) is 0 Å². The lowest BCUT2D eigenvalue weighted by atomic mass is 9.93. The molecule has 1 saturated heterocycles. The number of rotatable bonds is 7. The number of nitrogens with zero attached hydrogens (tertiary/aromatic N) is 4. The van der Waals surface area contributed by atoms with Crippen LogP contribution in [-0.2, 0) is 20.9 Å². The van der Waals surface area contributed by atoms with Gasteiger partial charge in [0.1, 0.15) is 5.75 Å². The summed E-state index contributed by atoms with van der Waals surface area (Å²) in [6, 6.07) is 17.6. The minimum absolute atomic E-state index is 0.0766. The number of hydrogen-bond donors (Lipinski definition) is 0. The number of benzene rings is 2. The van der Waals surface area contributed by atoms with Crippen molar-refractivity contribution in [3.8, 4) is 5.75 Å². The van der Waals surface area contributed by atoms with Crippen molar-refractivity contribution in [3.05, 3.63) is 88.1 Å². The van der Waals surface area contributed by atoms with E-state index in [1.165, 1.54) is 24.4 Å². The predicted octanol–water partition coefficient (Wildman–Crippen LogP) is 4.18. The number of ether oxygens (including phenoxy) is 2. The molecule has 0 bridgehead atoms. The first-order valence-corrected chi connectivity index (χ1v) is 13.6. The normalized spacial score (nSPS) is 19.6. The van der Waals surface area contributed by atoms with Gasteiger partial charge in [0.05, 0.1) is 38.0 Å². The van der Waals surface area contributed by atoms with Gasteiger partial charge in [-0.15, -0.1) is 0 Å². The zero-order chi connectivity index (χ0) is 26.6. The molecular weight excluding hydrogens is 500 g/mol. The summed E-state index contributed by atoms with van der Waals surface area (Å²) in [5, 5.41) is 2.72. The van der Waals surface area contributed by atoms with Crippen LogP contribution in [0, 0.1) is 0 Å². The van der Waals surface area contributed by atoms with Crippen molar-refractivity contribution in [2.45, 2.75) is 25.9 Å². The highest BCUT2D eigenvalue weighted by atomic mass is 32.2. The molecule has 198 valence electrons. The fourth-order valence-corrected chi connectivity index (χ4v) is 6.10. The highest BCUT2D eigenvalue weighted by Gasteiger charge is 2.41. The Morgan fingerprint density at radius 1 is 1.03 bits per heavy atom. The largest absolute Gasteiger partial charge is 0.497 e. The first-order chi connectivity index (χ1) is 18.5. The van der Waals surface area contributed by atoms with Crippen LogP contribution < -0.4 is 4.74 Å². The van der Waals surface area contributed by atoms with E-state index in [1.807, 2.05) is 52.5 Å². The molecule has 1 atom stereocenters. The van der Waals surface area contributed by atoms with Gasteiger partial charge in [0, 0.05) is 38.4 Å². The SMILES string of the molecule is COC(=O)C1=C(C)N=C2SC=C(CC(=O)N3CCN(Cc4ccccc4)CC3)N2[C@@H]1c1cccc(OC)c1. The molecule has 2 aromatic carbocycles. The molecule has 0 aromatic heterocycles. The molecule has 9 heteroatoms. The number of hydrogen-bond acceptors (Lipinski definition) is 8. The highest BCUT2D eigenvalue weighted by Crippen LogP contribution is 2.45. The van der Waals surface area contributed by atoms with Gasteiger partial charge < -0.3 is 19.3 Å². The second kappa shape index (κ2) is 11.4. The van der Waals surface area contributed by atoms with Crippen molar-refractivity contribution < 1.29 is 19.1 Å². The zero-order valence-corrected chi connectivity index (χ0v) is 22.7. The molecular formula is C29H32N4O4S. The van der Waals surface area contributed by atoms with Crippen molar-refractivity contribution in [2.24, 2.45) is 4.99 Å². The van der Waals surface area contributed by atoms with Crippen LogP contribution >= 0.6 is 11.8 Å². The third-order valence-electron chi connectivity index (χ3n) is 7.12. The average molecular weight is 533 g/mol. The molecule has 38 heavy (non-hydrogen) atoms. The molecule has 0 N–H and O–H groups in total. The van der Waals surface area contributed by atoms with Crippen LogP contribution in [0.1, 0.15) is 30.5 Å². The molecule has 0 radical (unpaired) electrons. The van der Waals surface area contributed by atoms with E-state index in [0.717, 1.165) is 36.1 Å². The first-order valence-electron chi connectivity index (χ1n) is 12.7. The van der Waals surface area contributed by atoms with Gasteiger partial charge in [-0.05, 0) is 35.6 Å². The molecule has 3 aliphatic heterocycles. The van der Waals surface area contributed by atoms with Gasteiger partial charge >= 0.3 is 5.97 Å². The number of aliphatic imine (C=N–C) groups is 1. The fourth-order valence-electron chi connectivity index (χ4n) is 5.13. The molecule has 5 rings (SSSR count). The molecule has 0 spiro atoms. The van der Waals surface area contributed by atoms with Crippen LogP contribution in [0.4, 0.5) is 0 Å². The van der Waals surface area contributed by atoms with Crippen molar-refractivity contribution >= 4 is 28.8 Å². The number of esters is 1. The minimum Gasteiger partial charge on any atom is -0.497 e. The number of amides is 1. The van der Waals surface area contributed by atoms with Gasteiger partial charge in [0.15, 0.2) is 5.17 Å². The molecule has 2 aromatic rings. The van der Waals surface area contributed by atoms with Gasteiger partial charge in [0.2, 0.25) is 5.91 Å². The molecule has 1 fully saturated rings. The van der Waals surface area contributed by atoms with E-state index in [1.54, 1.807) is 7.11 Å². The standard InChI is InChI=1S/C29H32N4O4S/c1-20-26(28(35)37-3)27(22-10-7-11-24(16-22)36-2)33-23(19-38-29(33)30-20)17-25(34)32-14-12-31(13-15-32)18-21-8-5-4-6-9-21/h4-11,16,19,27H,12-15,17-18H2,1-3H3/t27-/m1/s1. The summed E-state index contributed by atoms with van der Waals surface area (Å²) >= 11 is 1.48. The van der Waals surface area contributed by atoms with Crippen molar-refractivity contribution in [1.82, 2.24) is 14.7 Å². The fraction of sp³-hybridized carbons (Fsp3) is 0.345. The van der Waals surface area contributed by atoms with E-state index in [-0.39, 0.29) is 12.3 Å². The quantitative estimate of drug-likeness (QED) is 0.496. The van der Waals surface area contributed by atoms with Gasteiger partial charge in [-0.25, -0.2) is 9.79 Å². The monoisotopic (exact) mass is 532 g/mol. The van der Waals surface area contributed by atoms with E-state index in [0.29, 0.717) is 30.1 Å². The lowest BCUT2D eigenvalue weighted by Gasteiger charge is -2.38. The summed E-state index contributed by atoms with van der Waals surface area (Å²) in [5.74, 6) is 0.332. The summed E-state index contributed by atoms with van der Waals surface area (Å²) in [5.41, 5.74) is 4.04. The topological polar surface area (TPSA) is 74.7 Å². The van der Waals surface area contributed by atoms with E-state index in [9.17, 15) is 9.59 Å². The third kappa shape index (κ3) is 5.35. The summed E-state index contributed by atoms with van der Waals surface area (Å²) in [7, 11) is 2.99. The maximum Gasteiger partial charge on any atom is 0.338 e. The highest BCUT2D eigenvalue weighted by molar-refractivity contribution is 8.16. The number of carbonyl (C=O) groups excluding carboxylic acids is 2. The Morgan fingerprint density at radius 3 is 2.50 bits per heavy atom. The Balaban J connectivity index is 1.32. The molecule has 3 heterocycles. The van der Waals surface area contributed by atoms with Gasteiger partial charge in [0.25, 0.3) is 0 Å². The maximum absolute atomic E-state index is 13.4.